The number of thiophene rings is 1. The quantitative estimate of drug-likeness (QED) is 0.390. The van der Waals surface area contributed by atoms with Gasteiger partial charge in [-0.05, 0) is 29.1 Å². The third-order valence-electron chi connectivity index (χ3n) is 5.35. The first kappa shape index (κ1) is 21.8. The molecule has 0 atom stereocenters. The lowest BCUT2D eigenvalue weighted by Crippen LogP contribution is -2.48. The first-order chi connectivity index (χ1) is 15.3. The number of nitro benzene ring substituents is 1. The molecule has 0 bridgehead atoms. The van der Waals surface area contributed by atoms with E-state index in [1.165, 1.54) is 11.3 Å². The second kappa shape index (κ2) is 8.62. The van der Waals surface area contributed by atoms with E-state index in [1.54, 1.807) is 9.80 Å². The smallest absolute Gasteiger partial charge is 0.362 e. The van der Waals surface area contributed by atoms with Crippen LogP contribution in [0.5, 0.6) is 0 Å². The SMILES string of the molecule is O=C(c1sccc1-c1ccccc1)N1CCN(c2ccc(C(F)(F)F)cc2[N+](=O)[O-])CC1. The van der Waals surface area contributed by atoms with E-state index >= 15 is 0 Å². The van der Waals surface area contributed by atoms with Crippen molar-refractivity contribution in [2.75, 3.05) is 31.1 Å². The molecule has 6 nitrogen and oxygen atoms in total. The maximum absolute atomic E-state index is 13.1. The van der Waals surface area contributed by atoms with Crippen molar-refractivity contribution in [3.63, 3.8) is 0 Å². The van der Waals surface area contributed by atoms with Crippen LogP contribution in [0.1, 0.15) is 15.2 Å². The molecule has 10 heteroatoms. The first-order valence-electron chi connectivity index (χ1n) is 9.78. The van der Waals surface area contributed by atoms with Crippen molar-refractivity contribution >= 4 is 28.6 Å². The molecule has 1 fully saturated rings. The van der Waals surface area contributed by atoms with Crippen LogP contribution in [-0.2, 0) is 6.18 Å². The Labute approximate surface area is 185 Å². The van der Waals surface area contributed by atoms with Gasteiger partial charge in [-0.25, -0.2) is 0 Å². The molecular formula is C22H18F3N3O3S. The standard InChI is InChI=1S/C22H18F3N3O3S/c23-22(24,25)16-6-7-18(19(14-16)28(30)31)26-9-11-27(12-10-26)21(29)20-17(8-13-32-20)15-4-2-1-3-5-15/h1-8,13-14H,9-12H2. The Bertz CT molecular complexity index is 1140. The minimum Gasteiger partial charge on any atom is -0.362 e. The molecular weight excluding hydrogens is 443 g/mol. The topological polar surface area (TPSA) is 66.7 Å². The molecule has 3 aromatic rings. The number of rotatable bonds is 4. The predicted octanol–water partition coefficient (Wildman–Crippen LogP) is 5.30. The molecule has 1 aliphatic rings. The van der Waals surface area contributed by atoms with Gasteiger partial charge < -0.3 is 9.80 Å². The number of carbonyl (C=O) groups excluding carboxylic acids is 1. The average Bonchev–Trinajstić information content (AvgIpc) is 3.28. The number of piperazine rings is 1. The molecule has 1 amide bonds. The zero-order chi connectivity index (χ0) is 22.9. The maximum Gasteiger partial charge on any atom is 0.416 e. The van der Waals surface area contributed by atoms with E-state index in [-0.39, 0.29) is 24.7 Å². The average molecular weight is 461 g/mol. The normalized spacial score (nSPS) is 14.5. The fourth-order valence-electron chi connectivity index (χ4n) is 3.73. The Balaban J connectivity index is 1.50. The highest BCUT2D eigenvalue weighted by Gasteiger charge is 2.34. The van der Waals surface area contributed by atoms with E-state index in [0.29, 0.717) is 24.0 Å². The van der Waals surface area contributed by atoms with Crippen LogP contribution in [-0.4, -0.2) is 41.9 Å². The van der Waals surface area contributed by atoms with Gasteiger partial charge in [-0.1, -0.05) is 30.3 Å². The highest BCUT2D eigenvalue weighted by Crippen LogP contribution is 2.37. The zero-order valence-corrected chi connectivity index (χ0v) is 17.5. The second-order valence-corrected chi connectivity index (χ2v) is 8.18. The van der Waals surface area contributed by atoms with Crippen molar-refractivity contribution in [1.29, 1.82) is 0 Å². The molecule has 0 spiro atoms. The highest BCUT2D eigenvalue weighted by molar-refractivity contribution is 7.12. The molecule has 2 aromatic carbocycles. The van der Waals surface area contributed by atoms with Crippen molar-refractivity contribution in [3.8, 4) is 11.1 Å². The van der Waals surface area contributed by atoms with Crippen LogP contribution in [0, 0.1) is 10.1 Å². The largest absolute Gasteiger partial charge is 0.416 e. The number of nitrogens with zero attached hydrogens (tertiary/aromatic N) is 3. The molecule has 1 saturated heterocycles. The molecule has 2 heterocycles. The lowest BCUT2D eigenvalue weighted by Gasteiger charge is -2.35. The van der Waals surface area contributed by atoms with Gasteiger partial charge in [-0.3, -0.25) is 14.9 Å². The Morgan fingerprint density at radius 1 is 1.00 bits per heavy atom. The van der Waals surface area contributed by atoms with Gasteiger partial charge in [0.05, 0.1) is 15.4 Å². The van der Waals surface area contributed by atoms with Crippen molar-refractivity contribution in [3.05, 3.63) is 80.5 Å². The third-order valence-corrected chi connectivity index (χ3v) is 6.25. The number of alkyl halides is 3. The zero-order valence-electron chi connectivity index (χ0n) is 16.7. The first-order valence-corrected chi connectivity index (χ1v) is 10.7. The molecule has 1 aromatic heterocycles. The van der Waals surface area contributed by atoms with Crippen LogP contribution in [0.3, 0.4) is 0 Å². The Morgan fingerprint density at radius 2 is 1.69 bits per heavy atom. The lowest BCUT2D eigenvalue weighted by atomic mass is 10.1. The van der Waals surface area contributed by atoms with Crippen LogP contribution in [0.2, 0.25) is 0 Å². The summed E-state index contributed by atoms with van der Waals surface area (Å²) in [6.45, 7) is 1.18. The van der Waals surface area contributed by atoms with Gasteiger partial charge in [0.25, 0.3) is 11.6 Å². The molecule has 166 valence electrons. The molecule has 32 heavy (non-hydrogen) atoms. The van der Waals surface area contributed by atoms with Crippen molar-refractivity contribution in [2.24, 2.45) is 0 Å². The number of anilines is 1. The summed E-state index contributed by atoms with van der Waals surface area (Å²) < 4.78 is 38.9. The Morgan fingerprint density at radius 3 is 2.31 bits per heavy atom. The van der Waals surface area contributed by atoms with Crippen LogP contribution < -0.4 is 4.90 Å². The Kier molecular flexibility index (Phi) is 5.88. The summed E-state index contributed by atoms with van der Waals surface area (Å²) in [5, 5.41) is 13.3. The van der Waals surface area contributed by atoms with E-state index in [0.717, 1.165) is 23.3 Å². The van der Waals surface area contributed by atoms with Gasteiger partial charge in [0, 0.05) is 37.8 Å². The molecule has 1 aliphatic heterocycles. The lowest BCUT2D eigenvalue weighted by molar-refractivity contribution is -0.384. The number of hydrogen-bond donors (Lipinski definition) is 0. The van der Waals surface area contributed by atoms with Crippen molar-refractivity contribution in [2.45, 2.75) is 6.18 Å². The van der Waals surface area contributed by atoms with Crippen LogP contribution in [0.25, 0.3) is 11.1 Å². The van der Waals surface area contributed by atoms with Gasteiger partial charge in [0.2, 0.25) is 0 Å². The number of amides is 1. The van der Waals surface area contributed by atoms with Crippen LogP contribution in [0.15, 0.2) is 60.0 Å². The van der Waals surface area contributed by atoms with Crippen molar-refractivity contribution < 1.29 is 22.9 Å². The molecule has 0 aliphatic carbocycles. The van der Waals surface area contributed by atoms with E-state index < -0.39 is 22.4 Å². The fourth-order valence-corrected chi connectivity index (χ4v) is 4.61. The number of benzene rings is 2. The number of hydrogen-bond acceptors (Lipinski definition) is 5. The summed E-state index contributed by atoms with van der Waals surface area (Å²) in [5.74, 6) is -0.125. The van der Waals surface area contributed by atoms with Crippen molar-refractivity contribution in [1.82, 2.24) is 4.90 Å². The van der Waals surface area contributed by atoms with Gasteiger partial charge in [-0.2, -0.15) is 13.2 Å². The maximum atomic E-state index is 13.1. The summed E-state index contributed by atoms with van der Waals surface area (Å²) in [4.78, 5) is 27.6. The number of carbonyl (C=O) groups is 1. The molecule has 0 saturated carbocycles. The monoisotopic (exact) mass is 461 g/mol. The van der Waals surface area contributed by atoms with E-state index in [2.05, 4.69) is 0 Å². The van der Waals surface area contributed by atoms with Gasteiger partial charge in [-0.15, -0.1) is 11.3 Å². The number of nitro groups is 1. The van der Waals surface area contributed by atoms with E-state index in [1.807, 2.05) is 41.8 Å². The third kappa shape index (κ3) is 4.31. The molecule has 4 rings (SSSR count). The van der Waals surface area contributed by atoms with E-state index in [4.69, 9.17) is 0 Å². The predicted molar refractivity (Wildman–Crippen MR) is 116 cm³/mol. The minimum atomic E-state index is -4.66. The molecule has 0 N–H and O–H groups in total. The summed E-state index contributed by atoms with van der Waals surface area (Å²) >= 11 is 1.35. The molecule has 0 unspecified atom stereocenters. The fraction of sp³-hybridized carbons (Fsp3) is 0.227. The number of halogens is 3. The van der Waals surface area contributed by atoms with Gasteiger partial charge in [0.15, 0.2) is 0 Å². The molecule has 0 radical (unpaired) electrons. The summed E-state index contributed by atoms with van der Waals surface area (Å²) in [6.07, 6.45) is -4.66. The summed E-state index contributed by atoms with van der Waals surface area (Å²) in [5.41, 5.74) is 0.255. The van der Waals surface area contributed by atoms with Gasteiger partial charge in [0.1, 0.15) is 5.69 Å². The summed E-state index contributed by atoms with van der Waals surface area (Å²) in [7, 11) is 0. The van der Waals surface area contributed by atoms with E-state index in [9.17, 15) is 28.1 Å². The highest BCUT2D eigenvalue weighted by atomic mass is 32.1. The second-order valence-electron chi connectivity index (χ2n) is 7.27. The van der Waals surface area contributed by atoms with Crippen LogP contribution >= 0.6 is 11.3 Å². The Hall–Kier alpha value is -3.40. The minimum absolute atomic E-state index is 0.121. The van der Waals surface area contributed by atoms with Gasteiger partial charge >= 0.3 is 6.18 Å². The summed E-state index contributed by atoms with van der Waals surface area (Å²) in [6, 6.07) is 14.0. The van der Waals surface area contributed by atoms with Crippen LogP contribution in [0.4, 0.5) is 24.5 Å².